The number of rotatable bonds is 6. The molecule has 0 aliphatic carbocycles. The van der Waals surface area contributed by atoms with Crippen LogP contribution in [0.25, 0.3) is 0 Å². The molecule has 0 saturated carbocycles. The van der Waals surface area contributed by atoms with Crippen molar-refractivity contribution in [3.8, 4) is 0 Å². The summed E-state index contributed by atoms with van der Waals surface area (Å²) >= 11 is 0. The van der Waals surface area contributed by atoms with Crippen LogP contribution in [0.1, 0.15) is 40.0 Å². The zero-order valence-corrected chi connectivity index (χ0v) is 12.4. The molecule has 4 heteroatoms. The van der Waals surface area contributed by atoms with Crippen LogP contribution in [0.2, 0.25) is 0 Å². The minimum atomic E-state index is -0.398. The number of amides is 1. The Hall–Kier alpha value is -0.610. The number of nitrogens with two attached hydrogens (primary N) is 1. The molecule has 2 atom stereocenters. The van der Waals surface area contributed by atoms with Crippen LogP contribution in [-0.4, -0.2) is 55.0 Å². The smallest absolute Gasteiger partial charge is 0.229 e. The molecule has 1 aliphatic rings. The third-order valence-electron chi connectivity index (χ3n) is 4.48. The Morgan fingerprint density at radius 2 is 2.17 bits per heavy atom. The molecule has 0 radical (unpaired) electrons. The van der Waals surface area contributed by atoms with E-state index >= 15 is 0 Å². The van der Waals surface area contributed by atoms with E-state index in [0.717, 1.165) is 19.5 Å². The summed E-state index contributed by atoms with van der Waals surface area (Å²) in [5, 5.41) is 0. The minimum absolute atomic E-state index is 0.190. The molecule has 2 unspecified atom stereocenters. The Kier molecular flexibility index (Phi) is 5.60. The molecule has 0 spiro atoms. The van der Waals surface area contributed by atoms with Crippen LogP contribution in [0.5, 0.6) is 0 Å². The molecule has 18 heavy (non-hydrogen) atoms. The lowest BCUT2D eigenvalue weighted by molar-refractivity contribution is -0.140. The third-order valence-corrected chi connectivity index (χ3v) is 4.48. The molecule has 1 rings (SSSR count). The molecule has 0 aromatic heterocycles. The Morgan fingerprint density at radius 1 is 1.50 bits per heavy atom. The summed E-state index contributed by atoms with van der Waals surface area (Å²) in [7, 11) is 1.91. The summed E-state index contributed by atoms with van der Waals surface area (Å²) in [5.74, 6) is 0.190. The predicted molar refractivity (Wildman–Crippen MR) is 75.4 cm³/mol. The number of nitrogens with zero attached hydrogens (tertiary/aromatic N) is 2. The van der Waals surface area contributed by atoms with Gasteiger partial charge in [-0.05, 0) is 39.3 Å². The van der Waals surface area contributed by atoms with Crippen LogP contribution in [0.3, 0.4) is 0 Å². The highest BCUT2D eigenvalue weighted by atomic mass is 16.2. The van der Waals surface area contributed by atoms with Crippen molar-refractivity contribution in [3.05, 3.63) is 0 Å². The van der Waals surface area contributed by atoms with Crippen molar-refractivity contribution >= 4 is 5.91 Å². The molecule has 1 fully saturated rings. The summed E-state index contributed by atoms with van der Waals surface area (Å²) in [6.45, 7) is 9.71. The van der Waals surface area contributed by atoms with E-state index in [-0.39, 0.29) is 5.91 Å². The number of hydrogen-bond donors (Lipinski definition) is 1. The van der Waals surface area contributed by atoms with E-state index in [1.807, 2.05) is 25.8 Å². The molecule has 1 amide bonds. The summed E-state index contributed by atoms with van der Waals surface area (Å²) < 4.78 is 0. The van der Waals surface area contributed by atoms with E-state index in [1.54, 1.807) is 0 Å². The lowest BCUT2D eigenvalue weighted by atomic mass is 9.86. The van der Waals surface area contributed by atoms with E-state index in [1.165, 1.54) is 19.4 Å². The Labute approximate surface area is 111 Å². The molecule has 1 saturated heterocycles. The lowest BCUT2D eigenvalue weighted by Gasteiger charge is -2.34. The van der Waals surface area contributed by atoms with E-state index in [9.17, 15) is 4.79 Å². The van der Waals surface area contributed by atoms with E-state index in [2.05, 4.69) is 11.8 Å². The summed E-state index contributed by atoms with van der Waals surface area (Å²) in [6, 6.07) is 0.530. The van der Waals surface area contributed by atoms with Gasteiger partial charge in [-0.1, -0.05) is 13.8 Å². The highest BCUT2D eigenvalue weighted by molar-refractivity contribution is 5.82. The van der Waals surface area contributed by atoms with Gasteiger partial charge in [0.25, 0.3) is 0 Å². The fourth-order valence-electron chi connectivity index (χ4n) is 2.76. The van der Waals surface area contributed by atoms with E-state index in [0.29, 0.717) is 12.6 Å². The van der Waals surface area contributed by atoms with Gasteiger partial charge in [-0.15, -0.1) is 0 Å². The monoisotopic (exact) mass is 255 g/mol. The molecular formula is C14H29N3O. The van der Waals surface area contributed by atoms with Gasteiger partial charge in [-0.25, -0.2) is 0 Å². The van der Waals surface area contributed by atoms with Crippen molar-refractivity contribution in [1.82, 2.24) is 9.80 Å². The normalized spacial score (nSPS) is 23.9. The maximum atomic E-state index is 12.4. The molecule has 106 valence electrons. The van der Waals surface area contributed by atoms with Gasteiger partial charge < -0.3 is 10.6 Å². The van der Waals surface area contributed by atoms with Crippen molar-refractivity contribution < 1.29 is 4.79 Å². The average molecular weight is 255 g/mol. The zero-order valence-electron chi connectivity index (χ0n) is 12.4. The number of carbonyl (C=O) groups excluding carboxylic acids is 1. The molecule has 0 aromatic rings. The van der Waals surface area contributed by atoms with Gasteiger partial charge in [-0.2, -0.15) is 0 Å². The number of likely N-dealkylation sites (N-methyl/N-ethyl adjacent to an activating group) is 2. The van der Waals surface area contributed by atoms with E-state index < -0.39 is 5.41 Å². The molecule has 2 N–H and O–H groups in total. The molecular weight excluding hydrogens is 226 g/mol. The van der Waals surface area contributed by atoms with Gasteiger partial charge >= 0.3 is 0 Å². The molecule has 1 aliphatic heterocycles. The lowest BCUT2D eigenvalue weighted by Crippen LogP contribution is -2.48. The van der Waals surface area contributed by atoms with Crippen LogP contribution in [-0.2, 0) is 4.79 Å². The molecule has 0 bridgehead atoms. The molecule has 0 aromatic carbocycles. The van der Waals surface area contributed by atoms with E-state index in [4.69, 9.17) is 5.73 Å². The highest BCUT2D eigenvalue weighted by Gasteiger charge is 2.34. The Morgan fingerprint density at radius 3 is 2.67 bits per heavy atom. The van der Waals surface area contributed by atoms with Crippen LogP contribution >= 0.6 is 0 Å². The average Bonchev–Trinajstić information content (AvgIpc) is 2.83. The van der Waals surface area contributed by atoms with Crippen molar-refractivity contribution in [2.75, 3.05) is 33.2 Å². The van der Waals surface area contributed by atoms with Crippen molar-refractivity contribution in [2.24, 2.45) is 11.1 Å². The van der Waals surface area contributed by atoms with Crippen molar-refractivity contribution in [3.63, 3.8) is 0 Å². The van der Waals surface area contributed by atoms with Gasteiger partial charge in [0.05, 0.1) is 5.41 Å². The zero-order chi connectivity index (χ0) is 13.8. The maximum absolute atomic E-state index is 12.4. The van der Waals surface area contributed by atoms with Crippen LogP contribution < -0.4 is 5.73 Å². The molecule has 4 nitrogen and oxygen atoms in total. The first-order valence-electron chi connectivity index (χ1n) is 7.18. The highest BCUT2D eigenvalue weighted by Crippen LogP contribution is 2.24. The standard InChI is InChI=1S/C14H29N3O/c1-5-14(3,11-15)13(18)16(4)10-12-8-7-9-17(12)6-2/h12H,5-11,15H2,1-4H3. The fraction of sp³-hybridized carbons (Fsp3) is 0.929. The number of likely N-dealkylation sites (tertiary alicyclic amines) is 1. The van der Waals surface area contributed by atoms with Crippen LogP contribution in [0.4, 0.5) is 0 Å². The molecule has 1 heterocycles. The predicted octanol–water partition coefficient (Wildman–Crippen LogP) is 1.30. The van der Waals surface area contributed by atoms with Gasteiger partial charge in [-0.3, -0.25) is 9.69 Å². The number of hydrogen-bond acceptors (Lipinski definition) is 3. The first kappa shape index (κ1) is 15.4. The quantitative estimate of drug-likeness (QED) is 0.778. The summed E-state index contributed by atoms with van der Waals surface area (Å²) in [5.41, 5.74) is 5.36. The van der Waals surface area contributed by atoms with Gasteiger partial charge in [0.1, 0.15) is 0 Å². The van der Waals surface area contributed by atoms with Gasteiger partial charge in [0.15, 0.2) is 0 Å². The Bertz CT molecular complexity index is 276. The second-order valence-electron chi connectivity index (χ2n) is 5.73. The second-order valence-corrected chi connectivity index (χ2v) is 5.73. The fourth-order valence-corrected chi connectivity index (χ4v) is 2.76. The Balaban J connectivity index is 2.59. The first-order chi connectivity index (χ1) is 8.48. The SMILES string of the molecule is CCN1CCCC1CN(C)C(=O)C(C)(CC)CN. The van der Waals surface area contributed by atoms with Gasteiger partial charge in [0, 0.05) is 26.2 Å². The summed E-state index contributed by atoms with van der Waals surface area (Å²) in [6.07, 6.45) is 3.26. The third kappa shape index (κ3) is 3.23. The van der Waals surface area contributed by atoms with Crippen molar-refractivity contribution in [2.45, 2.75) is 46.1 Å². The summed E-state index contributed by atoms with van der Waals surface area (Å²) in [4.78, 5) is 16.8. The van der Waals surface area contributed by atoms with Crippen LogP contribution in [0, 0.1) is 5.41 Å². The van der Waals surface area contributed by atoms with Gasteiger partial charge in [0.2, 0.25) is 5.91 Å². The number of carbonyl (C=O) groups is 1. The van der Waals surface area contributed by atoms with Crippen molar-refractivity contribution in [1.29, 1.82) is 0 Å². The second kappa shape index (κ2) is 6.53. The maximum Gasteiger partial charge on any atom is 0.229 e. The minimum Gasteiger partial charge on any atom is -0.344 e. The largest absolute Gasteiger partial charge is 0.344 e. The topological polar surface area (TPSA) is 49.6 Å². The first-order valence-corrected chi connectivity index (χ1v) is 7.18. The van der Waals surface area contributed by atoms with Crippen LogP contribution in [0.15, 0.2) is 0 Å².